The van der Waals surface area contributed by atoms with Gasteiger partial charge < -0.3 is 14.3 Å². The monoisotopic (exact) mass is 558 g/mol. The Kier molecular flexibility index (Phi) is 13.4. The van der Waals surface area contributed by atoms with Crippen LogP contribution in [0.4, 0.5) is 0 Å². The molecule has 39 heavy (non-hydrogen) atoms. The number of hydrogen-bond donors (Lipinski definition) is 1. The summed E-state index contributed by atoms with van der Waals surface area (Å²) >= 11 is 0. The van der Waals surface area contributed by atoms with Crippen LogP contribution in [0.1, 0.15) is 45.2 Å². The van der Waals surface area contributed by atoms with Crippen LogP contribution in [-0.2, 0) is 35.7 Å². The third-order valence-electron chi connectivity index (χ3n) is 6.28. The molecule has 0 aromatic heterocycles. The quantitative estimate of drug-likeness (QED) is 0.130. The van der Waals surface area contributed by atoms with Crippen molar-refractivity contribution in [3.05, 3.63) is 77.9 Å². The minimum Gasteiger partial charge on any atom is -0.469 e. The predicted octanol–water partition coefficient (Wildman–Crippen LogP) is 5.28. The normalized spacial score (nSPS) is 15.4. The van der Waals surface area contributed by atoms with Crippen LogP contribution in [0, 0.1) is 24.7 Å². The zero-order valence-electron chi connectivity index (χ0n) is 23.7. The number of rotatable bonds is 16. The maximum atomic E-state index is 13.1. The van der Waals surface area contributed by atoms with Gasteiger partial charge in [0.05, 0.1) is 43.4 Å². The van der Waals surface area contributed by atoms with Crippen LogP contribution in [-0.4, -0.2) is 46.5 Å². The Morgan fingerprint density at radius 2 is 1.69 bits per heavy atom. The fourth-order valence-electron chi connectivity index (χ4n) is 3.96. The molecule has 0 saturated heterocycles. The van der Waals surface area contributed by atoms with Crippen LogP contribution < -0.4 is 4.72 Å². The van der Waals surface area contributed by atoms with Gasteiger partial charge in [0.15, 0.2) is 0 Å². The molecule has 0 amide bonds. The molecule has 8 nitrogen and oxygen atoms in total. The van der Waals surface area contributed by atoms with E-state index >= 15 is 0 Å². The standard InChI is InChI=1S/C30H42N2O6S/c1-22(2)30(37-21-26-12-8-7-9-13-26)25(5)20-38-31-19-28(24(4)11-10-14-29(33)36-6)32-39(34,35)27-17-15-23(3)16-18-27/h7-13,15-19,22,24-25,28,30,32H,14,20-21H2,1-6H3/b11-10+,31-19+/t24-,25-,28-,30-/m1/s1. The number of carbonyl (C=O) groups is 1. The number of nitrogens with one attached hydrogen (secondary N) is 1. The number of aryl methyl sites for hydroxylation is 1. The van der Waals surface area contributed by atoms with Gasteiger partial charge in [-0.15, -0.1) is 0 Å². The van der Waals surface area contributed by atoms with Crippen LogP contribution in [0.3, 0.4) is 0 Å². The highest BCUT2D eigenvalue weighted by Gasteiger charge is 2.24. The molecule has 0 fully saturated rings. The first-order chi connectivity index (χ1) is 18.5. The Labute approximate surface area is 233 Å². The van der Waals surface area contributed by atoms with E-state index in [0.717, 1.165) is 11.1 Å². The molecule has 0 spiro atoms. The molecule has 0 aliphatic carbocycles. The molecule has 0 radical (unpaired) electrons. The molecule has 2 aromatic carbocycles. The van der Waals surface area contributed by atoms with Crippen LogP contribution in [0.5, 0.6) is 0 Å². The molecular weight excluding hydrogens is 516 g/mol. The summed E-state index contributed by atoms with van der Waals surface area (Å²) in [6.45, 7) is 10.8. The van der Waals surface area contributed by atoms with Gasteiger partial charge in [-0.25, -0.2) is 13.1 Å². The fraction of sp³-hybridized carbons (Fsp3) is 0.467. The maximum absolute atomic E-state index is 13.1. The lowest BCUT2D eigenvalue weighted by Crippen LogP contribution is -2.40. The third kappa shape index (κ3) is 11.3. The molecule has 0 aliphatic heterocycles. The smallest absolute Gasteiger partial charge is 0.309 e. The summed E-state index contributed by atoms with van der Waals surface area (Å²) in [5.74, 6) is -0.385. The van der Waals surface area contributed by atoms with Crippen molar-refractivity contribution < 1.29 is 27.5 Å². The van der Waals surface area contributed by atoms with Gasteiger partial charge in [-0.1, -0.05) is 93.0 Å². The van der Waals surface area contributed by atoms with E-state index in [0.29, 0.717) is 13.2 Å². The maximum Gasteiger partial charge on any atom is 0.309 e. The highest BCUT2D eigenvalue weighted by molar-refractivity contribution is 7.89. The zero-order chi connectivity index (χ0) is 28.8. The van der Waals surface area contributed by atoms with Crippen LogP contribution in [0.2, 0.25) is 0 Å². The first-order valence-electron chi connectivity index (χ1n) is 13.2. The molecule has 0 heterocycles. The van der Waals surface area contributed by atoms with Crippen LogP contribution in [0.15, 0.2) is 76.8 Å². The van der Waals surface area contributed by atoms with Crippen LogP contribution >= 0.6 is 0 Å². The van der Waals surface area contributed by atoms with Crippen molar-refractivity contribution in [1.82, 2.24) is 4.72 Å². The van der Waals surface area contributed by atoms with E-state index in [1.807, 2.05) is 51.1 Å². The highest BCUT2D eigenvalue weighted by atomic mass is 32.2. The molecule has 1 N–H and O–H groups in total. The van der Waals surface area contributed by atoms with Crippen molar-refractivity contribution in [3.63, 3.8) is 0 Å². The third-order valence-corrected chi connectivity index (χ3v) is 7.75. The summed E-state index contributed by atoms with van der Waals surface area (Å²) in [6, 6.07) is 15.9. The Bertz CT molecular complexity index is 1160. The summed E-state index contributed by atoms with van der Waals surface area (Å²) in [7, 11) is -2.50. The number of sulfonamides is 1. The van der Waals surface area contributed by atoms with E-state index in [4.69, 9.17) is 9.57 Å². The first-order valence-corrected chi connectivity index (χ1v) is 14.6. The lowest BCUT2D eigenvalue weighted by atomic mass is 9.95. The van der Waals surface area contributed by atoms with Gasteiger partial charge in [0, 0.05) is 5.92 Å². The molecule has 9 heteroatoms. The second-order valence-electron chi connectivity index (χ2n) is 10.1. The number of methoxy groups -OCH3 is 1. The Morgan fingerprint density at radius 3 is 2.31 bits per heavy atom. The Balaban J connectivity index is 2.07. The molecule has 0 unspecified atom stereocenters. The average molecular weight is 559 g/mol. The largest absolute Gasteiger partial charge is 0.469 e. The zero-order valence-corrected chi connectivity index (χ0v) is 24.6. The van der Waals surface area contributed by atoms with Gasteiger partial charge in [-0.05, 0) is 36.5 Å². The van der Waals surface area contributed by atoms with E-state index in [-0.39, 0.29) is 41.1 Å². The average Bonchev–Trinajstić information content (AvgIpc) is 2.90. The second kappa shape index (κ2) is 16.2. The number of carbonyl (C=O) groups excluding carboxylic acids is 1. The molecule has 214 valence electrons. The molecule has 2 rings (SSSR count). The first kappa shape index (κ1) is 32.2. The van der Waals surface area contributed by atoms with Gasteiger partial charge >= 0.3 is 5.97 Å². The number of ether oxygens (including phenoxy) is 2. The van der Waals surface area contributed by atoms with Crippen molar-refractivity contribution in [2.75, 3.05) is 13.7 Å². The summed E-state index contributed by atoms with van der Waals surface area (Å²) in [4.78, 5) is 17.2. The van der Waals surface area contributed by atoms with E-state index in [2.05, 4.69) is 28.5 Å². The van der Waals surface area contributed by atoms with Crippen molar-refractivity contribution in [2.45, 2.75) is 64.7 Å². The molecule has 0 bridgehead atoms. The van der Waals surface area contributed by atoms with Gasteiger partial charge in [0.25, 0.3) is 0 Å². The summed E-state index contributed by atoms with van der Waals surface area (Å²) < 4.78 is 39.7. The summed E-state index contributed by atoms with van der Waals surface area (Å²) in [5.41, 5.74) is 2.06. The van der Waals surface area contributed by atoms with E-state index in [1.165, 1.54) is 13.3 Å². The number of oxime groups is 1. The van der Waals surface area contributed by atoms with Gasteiger partial charge in [-0.3, -0.25) is 4.79 Å². The number of esters is 1. The van der Waals surface area contributed by atoms with E-state index in [9.17, 15) is 13.2 Å². The highest BCUT2D eigenvalue weighted by Crippen LogP contribution is 2.19. The fourth-order valence-corrected chi connectivity index (χ4v) is 5.23. The van der Waals surface area contributed by atoms with Gasteiger partial charge in [0.1, 0.15) is 6.61 Å². The van der Waals surface area contributed by atoms with Crippen molar-refractivity contribution in [3.8, 4) is 0 Å². The summed E-state index contributed by atoms with van der Waals surface area (Å²) in [6.07, 6.45) is 4.89. The number of nitrogens with zero attached hydrogens (tertiary/aromatic N) is 1. The lowest BCUT2D eigenvalue weighted by molar-refractivity contribution is -0.139. The SMILES string of the molecule is COC(=O)C/C=C/[C@@H](C)[C@@H](/C=N/OC[C@@H](C)[C@H](OCc1ccccc1)C(C)C)NS(=O)(=O)c1ccc(C)cc1. The van der Waals surface area contributed by atoms with Gasteiger partial charge in [0.2, 0.25) is 10.0 Å². The topological polar surface area (TPSA) is 103 Å². The Hall–Kier alpha value is -3.01. The summed E-state index contributed by atoms with van der Waals surface area (Å²) in [5, 5.41) is 4.11. The van der Waals surface area contributed by atoms with Crippen molar-refractivity contribution in [1.29, 1.82) is 0 Å². The lowest BCUT2D eigenvalue weighted by Gasteiger charge is -2.27. The van der Waals surface area contributed by atoms with Crippen LogP contribution in [0.25, 0.3) is 0 Å². The van der Waals surface area contributed by atoms with Crippen molar-refractivity contribution in [2.24, 2.45) is 22.9 Å². The molecular formula is C30H42N2O6S. The minimum absolute atomic E-state index is 0.0450. The molecule has 2 aromatic rings. The van der Waals surface area contributed by atoms with E-state index in [1.54, 1.807) is 36.4 Å². The molecule has 0 saturated carbocycles. The predicted molar refractivity (Wildman–Crippen MR) is 154 cm³/mol. The van der Waals surface area contributed by atoms with Crippen molar-refractivity contribution >= 4 is 22.2 Å². The second-order valence-corrected chi connectivity index (χ2v) is 11.8. The minimum atomic E-state index is -3.82. The van der Waals surface area contributed by atoms with E-state index < -0.39 is 16.1 Å². The molecule has 0 aliphatic rings. The number of hydrogen-bond acceptors (Lipinski definition) is 7. The Morgan fingerprint density at radius 1 is 1.03 bits per heavy atom. The number of benzene rings is 2. The van der Waals surface area contributed by atoms with Gasteiger partial charge in [-0.2, -0.15) is 0 Å². The molecule has 4 atom stereocenters.